The number of rotatable bonds is 7. The molecule has 0 atom stereocenters. The molecule has 0 amide bonds. The number of hydrogen-bond donors (Lipinski definition) is 1. The van der Waals surface area contributed by atoms with Crippen molar-refractivity contribution in [3.8, 4) is 0 Å². The van der Waals surface area contributed by atoms with Gasteiger partial charge in [-0.3, -0.25) is 4.90 Å². The van der Waals surface area contributed by atoms with E-state index >= 15 is 0 Å². The Kier molecular flexibility index (Phi) is 4.63. The first-order valence-corrected chi connectivity index (χ1v) is 7.81. The van der Waals surface area contributed by atoms with E-state index in [1.807, 2.05) is 18.2 Å². The second-order valence-corrected chi connectivity index (χ2v) is 6.19. The maximum absolute atomic E-state index is 6.19. The number of benzene rings is 1. The molecule has 1 N–H and O–H groups in total. The largest absolute Gasteiger partial charge is 0.463 e. The molecule has 0 radical (unpaired) electrons. The van der Waals surface area contributed by atoms with E-state index in [-0.39, 0.29) is 0 Å². The first-order chi connectivity index (χ1) is 10.2. The van der Waals surface area contributed by atoms with E-state index in [9.17, 15) is 0 Å². The molecule has 3 nitrogen and oxygen atoms in total. The lowest BCUT2D eigenvalue weighted by Gasteiger charge is -2.16. The highest BCUT2D eigenvalue weighted by Crippen LogP contribution is 2.20. The van der Waals surface area contributed by atoms with Crippen LogP contribution in [-0.4, -0.2) is 18.0 Å². The quantitative estimate of drug-likeness (QED) is 0.843. The van der Waals surface area contributed by atoms with Crippen LogP contribution in [0.5, 0.6) is 0 Å². The summed E-state index contributed by atoms with van der Waals surface area (Å²) in [6.07, 6.45) is 2.60. The molecule has 0 unspecified atom stereocenters. The molecule has 3 rings (SSSR count). The van der Waals surface area contributed by atoms with Crippen LogP contribution in [0.15, 0.2) is 40.8 Å². The average Bonchev–Trinajstić information content (AvgIpc) is 3.19. The number of halogens is 1. The minimum Gasteiger partial charge on any atom is -0.463 e. The van der Waals surface area contributed by atoms with Gasteiger partial charge in [-0.1, -0.05) is 29.8 Å². The lowest BCUT2D eigenvalue weighted by atomic mass is 10.2. The van der Waals surface area contributed by atoms with Crippen LogP contribution in [0.1, 0.15) is 29.9 Å². The zero-order valence-corrected chi connectivity index (χ0v) is 13.1. The Hall–Kier alpha value is -1.29. The second kappa shape index (κ2) is 6.65. The van der Waals surface area contributed by atoms with Gasteiger partial charge in [0.2, 0.25) is 0 Å². The van der Waals surface area contributed by atoms with Crippen LogP contribution in [0.25, 0.3) is 0 Å². The van der Waals surface area contributed by atoms with Gasteiger partial charge in [-0.2, -0.15) is 0 Å². The van der Waals surface area contributed by atoms with Gasteiger partial charge < -0.3 is 9.73 Å². The monoisotopic (exact) mass is 304 g/mol. The molecular formula is C17H21ClN2O. The zero-order chi connectivity index (χ0) is 14.7. The van der Waals surface area contributed by atoms with Crippen molar-refractivity contribution in [2.24, 2.45) is 0 Å². The number of nitrogens with zero attached hydrogens (tertiary/aromatic N) is 1. The topological polar surface area (TPSA) is 28.4 Å². The summed E-state index contributed by atoms with van der Waals surface area (Å²) in [7, 11) is 2.08. The minimum atomic E-state index is 0.710. The molecule has 0 spiro atoms. The van der Waals surface area contributed by atoms with Crippen molar-refractivity contribution in [3.63, 3.8) is 0 Å². The molecule has 1 aromatic heterocycles. The van der Waals surface area contributed by atoms with Crippen molar-refractivity contribution < 1.29 is 4.42 Å². The summed E-state index contributed by atoms with van der Waals surface area (Å²) in [5.74, 6) is 2.01. The summed E-state index contributed by atoms with van der Waals surface area (Å²) < 4.78 is 5.86. The van der Waals surface area contributed by atoms with Crippen LogP contribution in [0.3, 0.4) is 0 Å². The van der Waals surface area contributed by atoms with E-state index in [0.717, 1.165) is 41.7 Å². The molecule has 112 valence electrons. The first-order valence-electron chi connectivity index (χ1n) is 7.43. The molecule has 1 heterocycles. The molecule has 0 aliphatic heterocycles. The summed E-state index contributed by atoms with van der Waals surface area (Å²) in [4.78, 5) is 2.21. The van der Waals surface area contributed by atoms with E-state index in [1.165, 1.54) is 12.8 Å². The van der Waals surface area contributed by atoms with E-state index < -0.39 is 0 Å². The summed E-state index contributed by atoms with van der Waals surface area (Å²) in [5, 5.41) is 4.28. The Bertz CT molecular complexity index is 592. The standard InChI is InChI=1S/C17H21ClN2O/c1-20(11-13-4-2-3-5-17(13)18)12-16-9-8-15(21-16)10-19-14-6-7-14/h2-5,8-9,14,19H,6-7,10-12H2,1H3. The highest BCUT2D eigenvalue weighted by molar-refractivity contribution is 6.31. The van der Waals surface area contributed by atoms with Gasteiger partial charge in [0, 0.05) is 17.6 Å². The third-order valence-corrected chi connectivity index (χ3v) is 4.05. The maximum Gasteiger partial charge on any atom is 0.118 e. The highest BCUT2D eigenvalue weighted by Gasteiger charge is 2.20. The summed E-state index contributed by atoms with van der Waals surface area (Å²) in [6, 6.07) is 12.8. The Morgan fingerprint density at radius 3 is 2.67 bits per heavy atom. The minimum absolute atomic E-state index is 0.710. The van der Waals surface area contributed by atoms with Crippen molar-refractivity contribution >= 4 is 11.6 Å². The van der Waals surface area contributed by atoms with Gasteiger partial charge in [-0.05, 0) is 43.7 Å². The van der Waals surface area contributed by atoms with E-state index in [1.54, 1.807) is 0 Å². The second-order valence-electron chi connectivity index (χ2n) is 5.79. The fourth-order valence-corrected chi connectivity index (χ4v) is 2.57. The summed E-state index contributed by atoms with van der Waals surface area (Å²) >= 11 is 6.19. The zero-order valence-electron chi connectivity index (χ0n) is 12.3. The Labute approximate surface area is 130 Å². The predicted molar refractivity (Wildman–Crippen MR) is 85.2 cm³/mol. The Balaban J connectivity index is 1.52. The Morgan fingerprint density at radius 2 is 1.90 bits per heavy atom. The molecule has 0 bridgehead atoms. The molecule has 1 aromatic carbocycles. The summed E-state index contributed by atoms with van der Waals surface area (Å²) in [5.41, 5.74) is 1.14. The number of hydrogen-bond acceptors (Lipinski definition) is 3. The van der Waals surface area contributed by atoms with Crippen LogP contribution < -0.4 is 5.32 Å². The van der Waals surface area contributed by atoms with E-state index in [2.05, 4.69) is 35.5 Å². The highest BCUT2D eigenvalue weighted by atomic mass is 35.5. The third-order valence-electron chi connectivity index (χ3n) is 3.68. The van der Waals surface area contributed by atoms with Crippen LogP contribution in [0, 0.1) is 0 Å². The molecule has 1 aliphatic rings. The van der Waals surface area contributed by atoms with Crippen LogP contribution in [0.2, 0.25) is 5.02 Å². The van der Waals surface area contributed by atoms with Crippen molar-refractivity contribution in [2.45, 2.75) is 38.5 Å². The average molecular weight is 305 g/mol. The van der Waals surface area contributed by atoms with Gasteiger partial charge in [-0.25, -0.2) is 0 Å². The lowest BCUT2D eigenvalue weighted by Crippen LogP contribution is -2.17. The van der Waals surface area contributed by atoms with Crippen molar-refractivity contribution in [1.82, 2.24) is 10.2 Å². The molecular weight excluding hydrogens is 284 g/mol. The van der Waals surface area contributed by atoms with E-state index in [4.69, 9.17) is 16.0 Å². The van der Waals surface area contributed by atoms with Crippen molar-refractivity contribution in [1.29, 1.82) is 0 Å². The molecule has 1 fully saturated rings. The fourth-order valence-electron chi connectivity index (χ4n) is 2.37. The first kappa shape index (κ1) is 14.6. The lowest BCUT2D eigenvalue weighted by molar-refractivity contribution is 0.282. The van der Waals surface area contributed by atoms with Gasteiger partial charge in [0.05, 0.1) is 13.1 Å². The van der Waals surface area contributed by atoms with Crippen LogP contribution in [-0.2, 0) is 19.6 Å². The normalized spacial score (nSPS) is 14.8. The molecule has 1 aliphatic carbocycles. The fraction of sp³-hybridized carbons (Fsp3) is 0.412. The maximum atomic E-state index is 6.19. The Morgan fingerprint density at radius 1 is 1.14 bits per heavy atom. The molecule has 1 saturated carbocycles. The van der Waals surface area contributed by atoms with Gasteiger partial charge in [0.15, 0.2) is 0 Å². The van der Waals surface area contributed by atoms with Gasteiger partial charge in [-0.15, -0.1) is 0 Å². The van der Waals surface area contributed by atoms with Crippen molar-refractivity contribution in [3.05, 3.63) is 58.5 Å². The smallest absolute Gasteiger partial charge is 0.118 e. The summed E-state index contributed by atoms with van der Waals surface area (Å²) in [6.45, 7) is 2.43. The predicted octanol–water partition coefficient (Wildman–Crippen LogP) is 3.82. The molecule has 21 heavy (non-hydrogen) atoms. The van der Waals surface area contributed by atoms with Gasteiger partial charge in [0.1, 0.15) is 11.5 Å². The third kappa shape index (κ3) is 4.34. The van der Waals surface area contributed by atoms with Crippen molar-refractivity contribution in [2.75, 3.05) is 7.05 Å². The van der Waals surface area contributed by atoms with Crippen LogP contribution >= 0.6 is 11.6 Å². The molecule has 4 heteroatoms. The van der Waals surface area contributed by atoms with Gasteiger partial charge in [0.25, 0.3) is 0 Å². The number of furan rings is 1. The van der Waals surface area contributed by atoms with Crippen LogP contribution in [0.4, 0.5) is 0 Å². The molecule has 0 saturated heterocycles. The molecule has 2 aromatic rings. The van der Waals surface area contributed by atoms with E-state index in [0.29, 0.717) is 6.04 Å². The number of nitrogens with one attached hydrogen (secondary N) is 1. The SMILES string of the molecule is CN(Cc1ccc(CNC2CC2)o1)Cc1ccccc1Cl. The van der Waals surface area contributed by atoms with Gasteiger partial charge >= 0.3 is 0 Å².